The fraction of sp³-hybridized carbons (Fsp3) is 0.0889. The average Bonchev–Trinajstić information content (AvgIpc) is 3.22. The monoisotopic (exact) mass is 915 g/mol. The molecular weight excluding hydrogens is 880 g/mol. The second kappa shape index (κ2) is 17.7. The van der Waals surface area contributed by atoms with Crippen molar-refractivity contribution in [2.75, 3.05) is 0 Å². The van der Waals surface area contributed by atoms with Crippen LogP contribution in [0.1, 0.15) is 40.8 Å². The number of hydrogen-bond acceptors (Lipinski definition) is 7. The molecule has 0 radical (unpaired) electrons. The lowest BCUT2D eigenvalue weighted by Gasteiger charge is -2.18. The van der Waals surface area contributed by atoms with Crippen molar-refractivity contribution in [2.24, 2.45) is 0 Å². The molecule has 2 heterocycles. The molecule has 1 aliphatic carbocycles. The third-order valence-corrected chi connectivity index (χ3v) is 14.9. The van der Waals surface area contributed by atoms with Gasteiger partial charge >= 0.3 is 0 Å². The van der Waals surface area contributed by atoms with Crippen molar-refractivity contribution in [1.29, 1.82) is 0 Å². The summed E-state index contributed by atoms with van der Waals surface area (Å²) in [6, 6.07) is 30.1. The molecule has 0 amide bonds. The zero-order chi connectivity index (χ0) is 42.8. The summed E-state index contributed by atoms with van der Waals surface area (Å²) in [5, 5.41) is 0.637. The molecular formula is C45H36ClO9S5+. The van der Waals surface area contributed by atoms with E-state index in [-0.39, 0.29) is 14.7 Å². The molecule has 2 aliphatic rings. The van der Waals surface area contributed by atoms with Gasteiger partial charge in [-0.2, -0.15) is 25.3 Å². The maximum absolute atomic E-state index is 11.7. The van der Waals surface area contributed by atoms with Gasteiger partial charge < -0.3 is 0 Å². The van der Waals surface area contributed by atoms with Crippen molar-refractivity contribution in [3.05, 3.63) is 182 Å². The molecule has 0 saturated heterocycles. The Bertz CT molecular complexity index is 3020. The molecule has 0 spiro atoms. The van der Waals surface area contributed by atoms with Gasteiger partial charge in [0.05, 0.1) is 14.7 Å². The fourth-order valence-corrected chi connectivity index (χ4v) is 10.3. The van der Waals surface area contributed by atoms with Crippen LogP contribution in [0.15, 0.2) is 175 Å². The summed E-state index contributed by atoms with van der Waals surface area (Å²) in [5.41, 5.74) is 7.84. The van der Waals surface area contributed by atoms with Crippen LogP contribution in [0, 0.1) is 6.92 Å². The predicted octanol–water partition coefficient (Wildman–Crippen LogP) is 11.8. The van der Waals surface area contributed by atoms with Gasteiger partial charge in [-0.25, -0.2) is 0 Å². The quantitative estimate of drug-likeness (QED) is 0.0907. The maximum Gasteiger partial charge on any atom is 0.294 e. The number of allylic oxidation sites excluding steroid dienone is 9. The van der Waals surface area contributed by atoms with Crippen molar-refractivity contribution < 1.29 is 38.9 Å². The molecule has 5 aromatic rings. The third kappa shape index (κ3) is 10.6. The Balaban J connectivity index is 1.22. The van der Waals surface area contributed by atoms with Crippen LogP contribution in [0.25, 0.3) is 38.1 Å². The molecule has 60 heavy (non-hydrogen) atoms. The summed E-state index contributed by atoms with van der Waals surface area (Å²) in [4.78, 5) is 2.90. The van der Waals surface area contributed by atoms with E-state index >= 15 is 0 Å². The van der Waals surface area contributed by atoms with Crippen LogP contribution in [0.3, 0.4) is 0 Å². The Labute approximate surface area is 362 Å². The average molecular weight is 917 g/mol. The van der Waals surface area contributed by atoms with E-state index < -0.39 is 30.4 Å². The molecule has 306 valence electrons. The van der Waals surface area contributed by atoms with Crippen LogP contribution < -0.4 is 0 Å². The Morgan fingerprint density at radius 1 is 0.600 bits per heavy atom. The second-order valence-corrected chi connectivity index (χ2v) is 20.8. The van der Waals surface area contributed by atoms with Gasteiger partial charge in [0.15, 0.2) is 0 Å². The number of halogens is 1. The standard InChI is InChI=1S/C45H35ClO9S5/c1-29-5-7-32(8-6-29)43-27-36(30-11-19-40(20-12-30)58(47,48)49)25-38(56-43)17-9-34-3-2-4-35(45(34)46)10-18-39-26-37(31-13-21-41(22-14-31)59(50,51)52)28-44(57-39)33-15-23-42(24-16-33)60(53,54)55/h5-28H,2-4H2,1H3,(H2-,47,48,49,50,51,52,53,54,55)/p+1. The van der Waals surface area contributed by atoms with E-state index in [2.05, 4.69) is 18.2 Å². The molecule has 15 heteroatoms. The van der Waals surface area contributed by atoms with Gasteiger partial charge in [-0.05, 0) is 132 Å². The summed E-state index contributed by atoms with van der Waals surface area (Å²) < 4.78 is 98.6. The van der Waals surface area contributed by atoms with Crippen LogP contribution in [0.2, 0.25) is 0 Å². The minimum Gasteiger partial charge on any atom is -0.282 e. The summed E-state index contributed by atoms with van der Waals surface area (Å²) in [6.07, 6.45) is 14.2. The smallest absolute Gasteiger partial charge is 0.282 e. The molecule has 0 fully saturated rings. The molecule has 9 nitrogen and oxygen atoms in total. The van der Waals surface area contributed by atoms with E-state index in [4.69, 9.17) is 11.6 Å². The highest BCUT2D eigenvalue weighted by atomic mass is 35.5. The molecule has 4 aromatic carbocycles. The number of hydrogen-bond donors (Lipinski definition) is 3. The number of benzene rings is 4. The Hall–Kier alpha value is -4.74. The van der Waals surface area contributed by atoms with E-state index in [9.17, 15) is 38.9 Å². The minimum absolute atomic E-state index is 0.182. The first-order valence-corrected chi connectivity index (χ1v) is 24.6. The van der Waals surface area contributed by atoms with Crippen molar-refractivity contribution in [2.45, 2.75) is 40.9 Å². The zero-order valence-electron chi connectivity index (χ0n) is 31.7. The van der Waals surface area contributed by atoms with E-state index in [0.29, 0.717) is 16.2 Å². The van der Waals surface area contributed by atoms with Gasteiger partial charge in [0.1, 0.15) is 0 Å². The molecule has 1 aromatic heterocycles. The van der Waals surface area contributed by atoms with E-state index in [1.54, 1.807) is 47.7 Å². The third-order valence-electron chi connectivity index (χ3n) is 9.72. The van der Waals surface area contributed by atoms with Gasteiger partial charge in [0, 0.05) is 38.6 Å². The SMILES string of the molecule is Cc1ccc(-c2cc(-c3ccc(S(=O)(=O)O)cc3)cc(/C=C/C3=C(Cl)C(=C/C=C4\C=C(c5ccc(S(=O)(=O)O)cc5)C=C(c5ccc(S(=O)(=O)O)cc5)S4)/CCC3)[s+]2)cc1. The van der Waals surface area contributed by atoms with Crippen molar-refractivity contribution in [1.82, 2.24) is 0 Å². The molecule has 0 bridgehead atoms. The first-order chi connectivity index (χ1) is 28.4. The van der Waals surface area contributed by atoms with Gasteiger partial charge in [-0.3, -0.25) is 13.7 Å². The van der Waals surface area contributed by atoms with E-state index in [0.717, 1.165) is 77.8 Å². The first-order valence-electron chi connectivity index (χ1n) is 18.3. The number of aryl methyl sites for hydroxylation is 1. The second-order valence-electron chi connectivity index (χ2n) is 14.0. The molecule has 0 atom stereocenters. The minimum atomic E-state index is -4.39. The normalized spacial score (nSPS) is 16.7. The summed E-state index contributed by atoms with van der Waals surface area (Å²) in [5.74, 6) is 0. The fourth-order valence-electron chi connectivity index (χ4n) is 6.55. The summed E-state index contributed by atoms with van der Waals surface area (Å²) in [7, 11) is -13.1. The highest BCUT2D eigenvalue weighted by Gasteiger charge is 2.21. The lowest BCUT2D eigenvalue weighted by atomic mass is 9.94. The molecule has 0 saturated carbocycles. The maximum atomic E-state index is 11.7. The Kier molecular flexibility index (Phi) is 12.8. The zero-order valence-corrected chi connectivity index (χ0v) is 36.5. The molecule has 7 rings (SSSR count). The summed E-state index contributed by atoms with van der Waals surface area (Å²) >= 11 is 10.1. The van der Waals surface area contributed by atoms with Crippen molar-refractivity contribution in [3.8, 4) is 21.6 Å². The lowest BCUT2D eigenvalue weighted by Crippen LogP contribution is -1.99. The van der Waals surface area contributed by atoms with Gasteiger partial charge in [0.2, 0.25) is 21.1 Å². The van der Waals surface area contributed by atoms with E-state index in [1.165, 1.54) is 48.2 Å². The number of thioether (sulfide) groups is 1. The Morgan fingerprint density at radius 2 is 1.13 bits per heavy atom. The largest absolute Gasteiger partial charge is 0.294 e. The Morgan fingerprint density at radius 3 is 1.70 bits per heavy atom. The molecule has 3 N–H and O–H groups in total. The van der Waals surface area contributed by atoms with Crippen LogP contribution in [0.5, 0.6) is 0 Å². The van der Waals surface area contributed by atoms with E-state index in [1.807, 2.05) is 61.6 Å². The predicted molar refractivity (Wildman–Crippen MR) is 242 cm³/mol. The van der Waals surface area contributed by atoms with Crippen LogP contribution in [-0.2, 0) is 30.4 Å². The number of rotatable bonds is 10. The van der Waals surface area contributed by atoms with Crippen LogP contribution >= 0.6 is 34.7 Å². The first kappa shape index (κ1) is 43.4. The van der Waals surface area contributed by atoms with Crippen LogP contribution in [0.4, 0.5) is 0 Å². The van der Waals surface area contributed by atoms with Gasteiger partial charge in [-0.15, -0.1) is 0 Å². The molecule has 1 aliphatic heterocycles. The van der Waals surface area contributed by atoms with Crippen LogP contribution in [-0.4, -0.2) is 38.9 Å². The van der Waals surface area contributed by atoms with Crippen molar-refractivity contribution >= 4 is 81.6 Å². The van der Waals surface area contributed by atoms with Gasteiger partial charge in [0.25, 0.3) is 30.4 Å². The van der Waals surface area contributed by atoms with Gasteiger partial charge in [-0.1, -0.05) is 89.6 Å². The highest BCUT2D eigenvalue weighted by Crippen LogP contribution is 2.43. The topological polar surface area (TPSA) is 163 Å². The van der Waals surface area contributed by atoms with Crippen molar-refractivity contribution in [3.63, 3.8) is 0 Å². The summed E-state index contributed by atoms with van der Waals surface area (Å²) in [6.45, 7) is 2.03. The lowest BCUT2D eigenvalue weighted by molar-refractivity contribution is 0.481. The molecule has 0 unspecified atom stereocenters. The highest BCUT2D eigenvalue weighted by molar-refractivity contribution is 8.12.